The van der Waals surface area contributed by atoms with Crippen LogP contribution >= 0.6 is 11.3 Å². The molecule has 7 heteroatoms. The van der Waals surface area contributed by atoms with Gasteiger partial charge in [0.05, 0.1) is 10.2 Å². The molecule has 1 aromatic heterocycles. The minimum atomic E-state index is -3.78. The molecule has 1 aliphatic rings. The van der Waals surface area contributed by atoms with Crippen LogP contribution in [-0.2, 0) is 10.2 Å². The van der Waals surface area contributed by atoms with Gasteiger partial charge in [-0.15, -0.1) is 0 Å². The molecule has 5 nitrogen and oxygen atoms in total. The number of hydrogen-bond acceptors (Lipinski definition) is 4. The van der Waals surface area contributed by atoms with E-state index >= 15 is 0 Å². The summed E-state index contributed by atoms with van der Waals surface area (Å²) >= 11 is 1.38. The first kappa shape index (κ1) is 13.8. The number of rotatable bonds is 3. The second-order valence-electron chi connectivity index (χ2n) is 5.10. The van der Waals surface area contributed by atoms with Gasteiger partial charge in [0.15, 0.2) is 0 Å². The van der Waals surface area contributed by atoms with Crippen molar-refractivity contribution in [1.82, 2.24) is 4.98 Å². The third kappa shape index (κ3) is 2.65. The van der Waals surface area contributed by atoms with E-state index < -0.39 is 10.2 Å². The highest BCUT2D eigenvalue weighted by Crippen LogP contribution is 2.34. The van der Waals surface area contributed by atoms with Crippen LogP contribution in [0.15, 0.2) is 24.3 Å². The fourth-order valence-electron chi connectivity index (χ4n) is 2.74. The van der Waals surface area contributed by atoms with E-state index in [1.807, 2.05) is 24.3 Å². The molecule has 0 atom stereocenters. The highest BCUT2D eigenvalue weighted by Gasteiger charge is 2.31. The summed E-state index contributed by atoms with van der Waals surface area (Å²) in [5.74, 6) is 0. The van der Waals surface area contributed by atoms with Crippen LogP contribution in [0, 0.1) is 0 Å². The summed E-state index contributed by atoms with van der Waals surface area (Å²) in [6.07, 6.45) is 4.96. The van der Waals surface area contributed by atoms with Gasteiger partial charge in [-0.2, -0.15) is 8.42 Å². The molecule has 0 aliphatic heterocycles. The lowest BCUT2D eigenvalue weighted by Crippen LogP contribution is -2.45. The molecule has 0 unspecified atom stereocenters. The molecule has 0 spiro atoms. The second kappa shape index (κ2) is 5.31. The monoisotopic (exact) mass is 311 g/mol. The third-order valence-corrected chi connectivity index (χ3v) is 5.82. The van der Waals surface area contributed by atoms with Crippen LogP contribution < -0.4 is 9.44 Å². The van der Waals surface area contributed by atoms with Gasteiger partial charge < -0.3 is 0 Å². The molecule has 0 bridgehead atoms. The summed E-state index contributed by atoms with van der Waals surface area (Å²) in [6.45, 7) is 0. The Hall–Kier alpha value is -1.18. The molecule has 1 saturated carbocycles. The zero-order chi connectivity index (χ0) is 14.2. The van der Waals surface area contributed by atoms with Gasteiger partial charge >= 0.3 is 10.2 Å². The molecule has 0 amide bonds. The number of para-hydroxylation sites is 1. The van der Waals surface area contributed by atoms with Crippen molar-refractivity contribution in [1.29, 1.82) is 0 Å². The molecule has 2 N–H and O–H groups in total. The van der Waals surface area contributed by atoms with Gasteiger partial charge in [0.1, 0.15) is 0 Å². The van der Waals surface area contributed by atoms with Crippen molar-refractivity contribution in [3.63, 3.8) is 0 Å². The Kier molecular flexibility index (Phi) is 3.66. The zero-order valence-electron chi connectivity index (χ0n) is 11.0. The van der Waals surface area contributed by atoms with Gasteiger partial charge in [-0.1, -0.05) is 42.7 Å². The predicted molar refractivity (Wildman–Crippen MR) is 82.1 cm³/mol. The van der Waals surface area contributed by atoms with Crippen molar-refractivity contribution in [2.75, 3.05) is 4.31 Å². The predicted octanol–water partition coefficient (Wildman–Crippen LogP) is 2.64. The molecule has 1 heterocycles. The summed E-state index contributed by atoms with van der Waals surface area (Å²) in [7, 11) is -3.78. The maximum atomic E-state index is 12.0. The van der Waals surface area contributed by atoms with Crippen LogP contribution in [0.2, 0.25) is 0 Å². The fraction of sp³-hybridized carbons (Fsp3) is 0.462. The van der Waals surface area contributed by atoms with E-state index in [4.69, 9.17) is 5.14 Å². The zero-order valence-corrected chi connectivity index (χ0v) is 12.7. The number of nitrogens with two attached hydrogens (primary N) is 1. The standard InChI is InChI=1S/C13H17N3O2S2/c14-20(17,18)16(10-6-2-1-3-7-10)13-15-11-8-4-5-9-12(11)19-13/h4-5,8-10H,1-3,6-7H2,(H2,14,17,18). The summed E-state index contributed by atoms with van der Waals surface area (Å²) in [6, 6.07) is 7.59. The minimum Gasteiger partial charge on any atom is -0.229 e. The van der Waals surface area contributed by atoms with Crippen molar-refractivity contribution in [3.05, 3.63) is 24.3 Å². The summed E-state index contributed by atoms with van der Waals surface area (Å²) < 4.78 is 26.3. The normalized spacial score (nSPS) is 17.4. The highest BCUT2D eigenvalue weighted by atomic mass is 32.2. The molecular formula is C13H17N3O2S2. The van der Waals surface area contributed by atoms with Crippen LogP contribution in [0.25, 0.3) is 10.2 Å². The number of fused-ring (bicyclic) bond motifs is 1. The summed E-state index contributed by atoms with van der Waals surface area (Å²) in [5, 5.41) is 5.92. The molecule has 20 heavy (non-hydrogen) atoms. The van der Waals surface area contributed by atoms with Crippen LogP contribution in [0.5, 0.6) is 0 Å². The Morgan fingerprint density at radius 2 is 1.90 bits per heavy atom. The lowest BCUT2D eigenvalue weighted by Gasteiger charge is -2.31. The van der Waals surface area contributed by atoms with Crippen molar-refractivity contribution >= 4 is 36.9 Å². The molecule has 2 aromatic rings. The van der Waals surface area contributed by atoms with Crippen molar-refractivity contribution in [2.24, 2.45) is 5.14 Å². The topological polar surface area (TPSA) is 76.3 Å². The van der Waals surface area contributed by atoms with Crippen molar-refractivity contribution < 1.29 is 8.42 Å². The molecule has 1 fully saturated rings. The highest BCUT2D eigenvalue weighted by molar-refractivity contribution is 7.90. The number of thiazole rings is 1. The number of anilines is 1. The smallest absolute Gasteiger partial charge is 0.229 e. The average molecular weight is 311 g/mol. The van der Waals surface area contributed by atoms with E-state index in [-0.39, 0.29) is 6.04 Å². The largest absolute Gasteiger partial charge is 0.301 e. The SMILES string of the molecule is NS(=O)(=O)N(c1nc2ccccc2s1)C1CCCCC1. The maximum absolute atomic E-state index is 12.0. The second-order valence-corrected chi connectivity index (χ2v) is 7.53. The Morgan fingerprint density at radius 1 is 1.20 bits per heavy atom. The van der Waals surface area contributed by atoms with E-state index in [0.717, 1.165) is 42.3 Å². The molecule has 3 rings (SSSR count). The van der Waals surface area contributed by atoms with Crippen LogP contribution in [-0.4, -0.2) is 19.4 Å². The van der Waals surface area contributed by atoms with Crippen LogP contribution in [0.3, 0.4) is 0 Å². The van der Waals surface area contributed by atoms with E-state index in [0.29, 0.717) is 5.13 Å². The number of benzene rings is 1. The molecular weight excluding hydrogens is 294 g/mol. The summed E-state index contributed by atoms with van der Waals surface area (Å²) in [4.78, 5) is 4.44. The van der Waals surface area contributed by atoms with Gasteiger partial charge in [0.25, 0.3) is 0 Å². The average Bonchev–Trinajstić information content (AvgIpc) is 2.81. The van der Waals surface area contributed by atoms with E-state index in [1.54, 1.807) is 0 Å². The van der Waals surface area contributed by atoms with E-state index in [1.165, 1.54) is 15.6 Å². The van der Waals surface area contributed by atoms with Gasteiger partial charge in [0, 0.05) is 6.04 Å². The lowest BCUT2D eigenvalue weighted by atomic mass is 9.96. The Bertz CT molecular complexity index is 672. The fourth-order valence-corrected chi connectivity index (χ4v) is 5.00. The van der Waals surface area contributed by atoms with E-state index in [9.17, 15) is 8.42 Å². The lowest BCUT2D eigenvalue weighted by molar-refractivity contribution is 0.438. The first-order chi connectivity index (χ1) is 9.55. The maximum Gasteiger partial charge on any atom is 0.301 e. The first-order valence-electron chi connectivity index (χ1n) is 6.73. The van der Waals surface area contributed by atoms with Gasteiger partial charge in [-0.05, 0) is 25.0 Å². The molecule has 1 aliphatic carbocycles. The van der Waals surface area contributed by atoms with Crippen LogP contribution in [0.4, 0.5) is 5.13 Å². The Morgan fingerprint density at radius 3 is 2.55 bits per heavy atom. The molecule has 108 valence electrons. The molecule has 1 aromatic carbocycles. The van der Waals surface area contributed by atoms with Gasteiger partial charge in [-0.25, -0.2) is 14.4 Å². The number of hydrogen-bond donors (Lipinski definition) is 1. The van der Waals surface area contributed by atoms with Crippen molar-refractivity contribution in [2.45, 2.75) is 38.1 Å². The number of nitrogens with zero attached hydrogens (tertiary/aromatic N) is 2. The Labute approximate surface area is 122 Å². The van der Waals surface area contributed by atoms with Gasteiger partial charge in [0.2, 0.25) is 5.13 Å². The van der Waals surface area contributed by atoms with Crippen LogP contribution in [0.1, 0.15) is 32.1 Å². The number of aromatic nitrogens is 1. The minimum absolute atomic E-state index is 0.0562. The third-order valence-electron chi connectivity index (χ3n) is 3.65. The quantitative estimate of drug-likeness (QED) is 0.946. The van der Waals surface area contributed by atoms with E-state index in [2.05, 4.69) is 4.98 Å². The van der Waals surface area contributed by atoms with Crippen molar-refractivity contribution in [3.8, 4) is 0 Å². The first-order valence-corrected chi connectivity index (χ1v) is 9.05. The Balaban J connectivity index is 2.04. The van der Waals surface area contributed by atoms with Gasteiger partial charge in [-0.3, -0.25) is 0 Å². The molecule has 0 saturated heterocycles. The summed E-state index contributed by atoms with van der Waals surface area (Å²) in [5.41, 5.74) is 0.817. The molecule has 0 radical (unpaired) electrons.